The molecule has 130 valence electrons. The van der Waals surface area contributed by atoms with Crippen LogP contribution in [0.4, 0.5) is 5.00 Å². The monoisotopic (exact) mass is 348 g/mol. The molecule has 1 aliphatic rings. The molecule has 7 nitrogen and oxygen atoms in total. The first-order chi connectivity index (χ1) is 11.8. The van der Waals surface area contributed by atoms with Gasteiger partial charge in [-0.25, -0.2) is 0 Å². The summed E-state index contributed by atoms with van der Waals surface area (Å²) in [6.07, 6.45) is 1.51. The maximum atomic E-state index is 5.13. The molecule has 1 saturated heterocycles. The van der Waals surface area contributed by atoms with Crippen molar-refractivity contribution < 1.29 is 4.52 Å². The summed E-state index contributed by atoms with van der Waals surface area (Å²) in [6.45, 7) is 6.74. The first-order valence-corrected chi connectivity index (χ1v) is 9.23. The van der Waals surface area contributed by atoms with Crippen molar-refractivity contribution in [1.29, 1.82) is 0 Å². The van der Waals surface area contributed by atoms with Gasteiger partial charge in [-0.3, -0.25) is 4.99 Å². The van der Waals surface area contributed by atoms with Crippen molar-refractivity contribution in [2.45, 2.75) is 19.8 Å². The van der Waals surface area contributed by atoms with Gasteiger partial charge < -0.3 is 19.6 Å². The van der Waals surface area contributed by atoms with E-state index in [-0.39, 0.29) is 0 Å². The number of guanidine groups is 1. The molecule has 0 spiro atoms. The van der Waals surface area contributed by atoms with Gasteiger partial charge in [-0.1, -0.05) is 12.1 Å². The van der Waals surface area contributed by atoms with Crippen LogP contribution in [-0.4, -0.2) is 60.8 Å². The highest BCUT2D eigenvalue weighted by atomic mass is 32.1. The number of aliphatic imine (C=N–C) groups is 1. The van der Waals surface area contributed by atoms with Crippen molar-refractivity contribution in [1.82, 2.24) is 20.4 Å². The van der Waals surface area contributed by atoms with Crippen molar-refractivity contribution in [3.8, 4) is 0 Å². The van der Waals surface area contributed by atoms with Gasteiger partial charge >= 0.3 is 0 Å². The van der Waals surface area contributed by atoms with Crippen LogP contribution in [0.1, 0.15) is 18.6 Å². The summed E-state index contributed by atoms with van der Waals surface area (Å²) in [5.41, 5.74) is 0. The predicted molar refractivity (Wildman–Crippen MR) is 96.8 cm³/mol. The van der Waals surface area contributed by atoms with Crippen LogP contribution < -0.4 is 10.2 Å². The summed E-state index contributed by atoms with van der Waals surface area (Å²) >= 11 is 1.80. The van der Waals surface area contributed by atoms with E-state index in [9.17, 15) is 0 Å². The molecule has 0 atom stereocenters. The fraction of sp³-hybridized carbons (Fsp3) is 0.562. The molecule has 24 heavy (non-hydrogen) atoms. The van der Waals surface area contributed by atoms with Crippen LogP contribution in [-0.2, 0) is 12.8 Å². The number of aryl methyl sites for hydroxylation is 1. The highest BCUT2D eigenvalue weighted by Crippen LogP contribution is 2.22. The third kappa shape index (κ3) is 4.05. The Morgan fingerprint density at radius 1 is 1.38 bits per heavy atom. The van der Waals surface area contributed by atoms with Crippen LogP contribution in [0.15, 0.2) is 27.0 Å². The summed E-state index contributed by atoms with van der Waals surface area (Å²) in [7, 11) is 1.83. The minimum Gasteiger partial charge on any atom is -0.360 e. The second kappa shape index (κ2) is 8.14. The van der Waals surface area contributed by atoms with Crippen LogP contribution in [0.25, 0.3) is 0 Å². The van der Waals surface area contributed by atoms with Gasteiger partial charge in [-0.2, -0.15) is 4.98 Å². The number of hydrogen-bond acceptors (Lipinski definition) is 6. The summed E-state index contributed by atoms with van der Waals surface area (Å²) in [5.74, 6) is 2.39. The van der Waals surface area contributed by atoms with Crippen molar-refractivity contribution >= 4 is 22.3 Å². The molecule has 8 heteroatoms. The van der Waals surface area contributed by atoms with E-state index in [4.69, 9.17) is 4.52 Å². The molecule has 3 rings (SSSR count). The molecular weight excluding hydrogens is 324 g/mol. The highest BCUT2D eigenvalue weighted by molar-refractivity contribution is 7.14. The van der Waals surface area contributed by atoms with Crippen LogP contribution in [0.2, 0.25) is 0 Å². The van der Waals surface area contributed by atoms with E-state index in [0.29, 0.717) is 5.89 Å². The predicted octanol–water partition coefficient (Wildman–Crippen LogP) is 1.63. The number of nitrogens with zero attached hydrogens (tertiary/aromatic N) is 5. The Morgan fingerprint density at radius 2 is 2.21 bits per heavy atom. The first kappa shape index (κ1) is 16.8. The topological polar surface area (TPSA) is 69.8 Å². The minimum absolute atomic E-state index is 0.694. The maximum absolute atomic E-state index is 5.13. The normalized spacial score (nSPS) is 15.8. The number of thiophene rings is 1. The van der Waals surface area contributed by atoms with E-state index in [1.54, 1.807) is 11.3 Å². The number of rotatable bonds is 5. The van der Waals surface area contributed by atoms with Gasteiger partial charge in [-0.15, -0.1) is 11.3 Å². The van der Waals surface area contributed by atoms with Crippen LogP contribution in [0.5, 0.6) is 0 Å². The highest BCUT2D eigenvalue weighted by Gasteiger charge is 2.20. The smallest absolute Gasteiger partial charge is 0.226 e. The van der Waals surface area contributed by atoms with Crippen LogP contribution in [0.3, 0.4) is 0 Å². The second-order valence-electron chi connectivity index (χ2n) is 5.61. The molecule has 0 amide bonds. The molecule has 0 saturated carbocycles. The van der Waals surface area contributed by atoms with Crippen molar-refractivity contribution in [3.63, 3.8) is 0 Å². The average Bonchev–Trinajstić information content (AvgIpc) is 3.31. The largest absolute Gasteiger partial charge is 0.360 e. The van der Waals surface area contributed by atoms with Gasteiger partial charge in [-0.05, 0) is 17.5 Å². The van der Waals surface area contributed by atoms with Gasteiger partial charge in [0.2, 0.25) is 5.89 Å². The zero-order valence-corrected chi connectivity index (χ0v) is 15.1. The van der Waals surface area contributed by atoms with E-state index >= 15 is 0 Å². The molecule has 0 bridgehead atoms. The molecule has 3 heterocycles. The molecule has 0 radical (unpaired) electrons. The van der Waals surface area contributed by atoms with Gasteiger partial charge in [0.25, 0.3) is 0 Å². The van der Waals surface area contributed by atoms with E-state index in [1.807, 2.05) is 14.0 Å². The molecule has 2 aromatic heterocycles. The average molecular weight is 348 g/mol. The summed E-state index contributed by atoms with van der Waals surface area (Å²) < 4.78 is 5.13. The van der Waals surface area contributed by atoms with E-state index in [1.165, 1.54) is 5.00 Å². The fourth-order valence-corrected chi connectivity index (χ4v) is 3.53. The summed E-state index contributed by atoms with van der Waals surface area (Å²) in [4.78, 5) is 13.5. The molecule has 0 aromatic carbocycles. The quantitative estimate of drug-likeness (QED) is 0.654. The number of hydrogen-bond donors (Lipinski definition) is 1. The third-order valence-corrected chi connectivity index (χ3v) is 4.98. The van der Waals surface area contributed by atoms with Crippen LogP contribution in [0, 0.1) is 0 Å². The lowest BCUT2D eigenvalue weighted by Gasteiger charge is -2.37. The van der Waals surface area contributed by atoms with Crippen molar-refractivity contribution in [2.75, 3.05) is 44.7 Å². The van der Waals surface area contributed by atoms with E-state index < -0.39 is 0 Å². The SMILES string of the molecule is CCc1nc(CCNC(=NC)N2CCN(c3cccs3)CC2)no1. The molecule has 0 unspecified atom stereocenters. The molecular formula is C16H24N6OS. The third-order valence-electron chi connectivity index (χ3n) is 4.05. The van der Waals surface area contributed by atoms with Crippen molar-refractivity contribution in [3.05, 3.63) is 29.2 Å². The van der Waals surface area contributed by atoms with E-state index in [2.05, 4.69) is 47.8 Å². The molecule has 2 aromatic rings. The Kier molecular flexibility index (Phi) is 5.68. The minimum atomic E-state index is 0.694. The number of nitrogens with one attached hydrogen (secondary N) is 1. The Morgan fingerprint density at radius 3 is 2.83 bits per heavy atom. The van der Waals surface area contributed by atoms with Crippen molar-refractivity contribution in [2.24, 2.45) is 4.99 Å². The molecule has 1 fully saturated rings. The Labute approximate surface area is 146 Å². The summed E-state index contributed by atoms with van der Waals surface area (Å²) in [6, 6.07) is 4.29. The second-order valence-corrected chi connectivity index (χ2v) is 6.53. The van der Waals surface area contributed by atoms with Crippen LogP contribution >= 0.6 is 11.3 Å². The first-order valence-electron chi connectivity index (χ1n) is 8.35. The van der Waals surface area contributed by atoms with Gasteiger partial charge in [0, 0.05) is 52.6 Å². The standard InChI is InChI=1S/C16H24N6OS/c1-3-14-19-13(20-23-14)6-7-18-16(17-2)22-10-8-21(9-11-22)15-5-4-12-24-15/h4-5,12H,3,6-11H2,1-2H3,(H,17,18). The lowest BCUT2D eigenvalue weighted by molar-refractivity contribution is 0.371. The molecule has 0 aliphatic carbocycles. The number of anilines is 1. The fourth-order valence-electron chi connectivity index (χ4n) is 2.74. The van der Waals surface area contributed by atoms with Gasteiger partial charge in [0.15, 0.2) is 11.8 Å². The zero-order valence-electron chi connectivity index (χ0n) is 14.2. The number of aromatic nitrogens is 2. The van der Waals surface area contributed by atoms with E-state index in [0.717, 1.165) is 57.3 Å². The Balaban J connectivity index is 1.45. The molecule has 1 N–H and O–H groups in total. The number of piperazine rings is 1. The lowest BCUT2D eigenvalue weighted by Crippen LogP contribution is -2.52. The Hall–Kier alpha value is -2.09. The van der Waals surface area contributed by atoms with Gasteiger partial charge in [0.05, 0.1) is 5.00 Å². The van der Waals surface area contributed by atoms with Gasteiger partial charge in [0.1, 0.15) is 0 Å². The lowest BCUT2D eigenvalue weighted by atomic mass is 10.3. The molecule has 1 aliphatic heterocycles. The summed E-state index contributed by atoms with van der Waals surface area (Å²) in [5, 5.41) is 10.9. The Bertz CT molecular complexity index is 645. The zero-order chi connectivity index (χ0) is 16.8. The maximum Gasteiger partial charge on any atom is 0.226 e.